The SMILES string of the molecule is CCCCN(CC(=O)N(CCc1c[nH]c2ccccc12)Cc1ccc(C(C)(C)C)cc1)CC(O)Cc1ccccc1. The van der Waals surface area contributed by atoms with E-state index in [2.05, 4.69) is 86.2 Å². The van der Waals surface area contributed by atoms with Crippen molar-refractivity contribution in [1.82, 2.24) is 14.8 Å². The minimum absolute atomic E-state index is 0.0870. The molecular formula is C36H47N3O2. The highest BCUT2D eigenvalue weighted by Crippen LogP contribution is 2.23. The lowest BCUT2D eigenvalue weighted by atomic mass is 9.87. The number of H-pyrrole nitrogens is 1. The Labute approximate surface area is 246 Å². The number of hydrogen-bond donors (Lipinski definition) is 2. The average Bonchev–Trinajstić information content (AvgIpc) is 3.37. The lowest BCUT2D eigenvalue weighted by Gasteiger charge is -2.29. The lowest BCUT2D eigenvalue weighted by Crippen LogP contribution is -2.44. The monoisotopic (exact) mass is 553 g/mol. The summed E-state index contributed by atoms with van der Waals surface area (Å²) in [6.07, 6.45) is 4.95. The molecule has 0 aliphatic carbocycles. The Balaban J connectivity index is 1.48. The molecule has 0 saturated heterocycles. The molecule has 41 heavy (non-hydrogen) atoms. The number of para-hydroxylation sites is 1. The highest BCUT2D eigenvalue weighted by Gasteiger charge is 2.21. The van der Waals surface area contributed by atoms with E-state index in [1.165, 1.54) is 16.5 Å². The van der Waals surface area contributed by atoms with Gasteiger partial charge in [0.1, 0.15) is 0 Å². The first-order valence-corrected chi connectivity index (χ1v) is 15.1. The molecular weight excluding hydrogens is 506 g/mol. The highest BCUT2D eigenvalue weighted by atomic mass is 16.3. The van der Waals surface area contributed by atoms with Crippen molar-refractivity contribution in [1.29, 1.82) is 0 Å². The summed E-state index contributed by atoms with van der Waals surface area (Å²) in [6.45, 7) is 11.6. The number of carbonyl (C=O) groups excluding carboxylic acids is 1. The maximum absolute atomic E-state index is 13.9. The minimum Gasteiger partial charge on any atom is -0.391 e. The molecule has 1 amide bonds. The van der Waals surface area contributed by atoms with E-state index >= 15 is 0 Å². The molecule has 0 bridgehead atoms. The summed E-state index contributed by atoms with van der Waals surface area (Å²) in [6, 6.07) is 27.1. The van der Waals surface area contributed by atoms with Crippen LogP contribution in [0.1, 0.15) is 62.8 Å². The van der Waals surface area contributed by atoms with Crippen LogP contribution in [0.15, 0.2) is 85.1 Å². The Hall–Kier alpha value is -3.41. The summed E-state index contributed by atoms with van der Waals surface area (Å²) in [4.78, 5) is 21.4. The van der Waals surface area contributed by atoms with E-state index in [0.717, 1.165) is 42.5 Å². The van der Waals surface area contributed by atoms with Gasteiger partial charge in [0.15, 0.2) is 0 Å². The van der Waals surface area contributed by atoms with Gasteiger partial charge in [-0.15, -0.1) is 0 Å². The molecule has 5 nitrogen and oxygen atoms in total. The summed E-state index contributed by atoms with van der Waals surface area (Å²) in [7, 11) is 0. The number of hydrogen-bond acceptors (Lipinski definition) is 3. The minimum atomic E-state index is -0.522. The molecule has 3 aromatic carbocycles. The van der Waals surface area contributed by atoms with Crippen LogP contribution in [-0.2, 0) is 29.6 Å². The van der Waals surface area contributed by atoms with Gasteiger partial charge in [0, 0.05) is 36.7 Å². The van der Waals surface area contributed by atoms with Crippen LogP contribution in [0.25, 0.3) is 10.9 Å². The van der Waals surface area contributed by atoms with Crippen LogP contribution in [0, 0.1) is 0 Å². The quantitative estimate of drug-likeness (QED) is 0.182. The molecule has 0 radical (unpaired) electrons. The molecule has 218 valence electrons. The summed E-state index contributed by atoms with van der Waals surface area (Å²) >= 11 is 0. The topological polar surface area (TPSA) is 59.6 Å². The van der Waals surface area contributed by atoms with E-state index < -0.39 is 6.10 Å². The third-order valence-electron chi connectivity index (χ3n) is 7.84. The summed E-state index contributed by atoms with van der Waals surface area (Å²) < 4.78 is 0. The zero-order chi connectivity index (χ0) is 29.2. The van der Waals surface area contributed by atoms with Crippen LogP contribution in [0.3, 0.4) is 0 Å². The van der Waals surface area contributed by atoms with Crippen LogP contribution in [0.4, 0.5) is 0 Å². The maximum atomic E-state index is 13.9. The molecule has 2 N–H and O–H groups in total. The number of aliphatic hydroxyl groups is 1. The number of rotatable bonds is 14. The van der Waals surface area contributed by atoms with E-state index in [-0.39, 0.29) is 11.3 Å². The summed E-state index contributed by atoms with van der Waals surface area (Å²) in [5.74, 6) is 0.104. The molecule has 1 aromatic heterocycles. The molecule has 0 aliphatic rings. The van der Waals surface area contributed by atoms with Crippen molar-refractivity contribution < 1.29 is 9.90 Å². The molecule has 1 unspecified atom stereocenters. The van der Waals surface area contributed by atoms with Gasteiger partial charge in [-0.2, -0.15) is 0 Å². The smallest absolute Gasteiger partial charge is 0.237 e. The number of aliphatic hydroxyl groups excluding tert-OH is 1. The Bertz CT molecular complexity index is 1360. The molecule has 0 fully saturated rings. The van der Waals surface area contributed by atoms with Gasteiger partial charge in [-0.1, -0.05) is 107 Å². The number of amides is 1. The van der Waals surface area contributed by atoms with E-state index in [1.54, 1.807) is 0 Å². The van der Waals surface area contributed by atoms with Gasteiger partial charge in [-0.3, -0.25) is 9.69 Å². The second kappa shape index (κ2) is 14.5. The Kier molecular flexibility index (Phi) is 10.8. The van der Waals surface area contributed by atoms with Crippen LogP contribution < -0.4 is 0 Å². The van der Waals surface area contributed by atoms with E-state index in [0.29, 0.717) is 32.6 Å². The van der Waals surface area contributed by atoms with Crippen LogP contribution in [0.2, 0.25) is 0 Å². The average molecular weight is 554 g/mol. The third kappa shape index (κ3) is 9.04. The van der Waals surface area contributed by atoms with Crippen LogP contribution in [0.5, 0.6) is 0 Å². The van der Waals surface area contributed by atoms with Gasteiger partial charge in [0.25, 0.3) is 0 Å². The zero-order valence-corrected chi connectivity index (χ0v) is 25.3. The normalized spacial score (nSPS) is 12.6. The van der Waals surface area contributed by atoms with Crippen molar-refractivity contribution in [2.75, 3.05) is 26.2 Å². The number of unbranched alkanes of at least 4 members (excludes halogenated alkanes) is 1. The largest absolute Gasteiger partial charge is 0.391 e. The van der Waals surface area contributed by atoms with Crippen molar-refractivity contribution in [2.45, 2.75) is 71.4 Å². The van der Waals surface area contributed by atoms with Crippen molar-refractivity contribution in [2.24, 2.45) is 0 Å². The molecule has 1 heterocycles. The standard InChI is InChI=1S/C36H47N3O2/c1-5-6-21-38(26-32(40)23-28-12-8-7-9-13-28)27-35(41)39(25-29-16-18-31(19-17-29)36(2,3)4)22-20-30-24-37-34-15-11-10-14-33(30)34/h7-19,24,32,37,40H,5-6,20-23,25-27H2,1-4H3. The van der Waals surface area contributed by atoms with Crippen LogP contribution in [-0.4, -0.2) is 58.1 Å². The predicted octanol–water partition coefficient (Wildman–Crippen LogP) is 6.74. The highest BCUT2D eigenvalue weighted by molar-refractivity contribution is 5.83. The van der Waals surface area contributed by atoms with Gasteiger partial charge in [-0.25, -0.2) is 0 Å². The molecule has 0 aliphatic heterocycles. The van der Waals surface area contributed by atoms with Gasteiger partial charge in [0.2, 0.25) is 5.91 Å². The fourth-order valence-electron chi connectivity index (χ4n) is 5.37. The van der Waals surface area contributed by atoms with Gasteiger partial charge < -0.3 is 15.0 Å². The number of fused-ring (bicyclic) bond motifs is 1. The second-order valence-electron chi connectivity index (χ2n) is 12.3. The second-order valence-corrected chi connectivity index (χ2v) is 12.3. The van der Waals surface area contributed by atoms with Gasteiger partial charge >= 0.3 is 0 Å². The van der Waals surface area contributed by atoms with Crippen molar-refractivity contribution >= 4 is 16.8 Å². The van der Waals surface area contributed by atoms with E-state index in [1.807, 2.05) is 41.3 Å². The van der Waals surface area contributed by atoms with E-state index in [4.69, 9.17) is 0 Å². The number of benzene rings is 3. The zero-order valence-electron chi connectivity index (χ0n) is 25.3. The molecule has 0 saturated carbocycles. The van der Waals surface area contributed by atoms with Crippen molar-refractivity contribution in [3.05, 3.63) is 107 Å². The molecule has 4 rings (SSSR count). The van der Waals surface area contributed by atoms with Crippen molar-refractivity contribution in [3.8, 4) is 0 Å². The van der Waals surface area contributed by atoms with Gasteiger partial charge in [-0.05, 0) is 59.5 Å². The van der Waals surface area contributed by atoms with Crippen molar-refractivity contribution in [3.63, 3.8) is 0 Å². The molecule has 0 spiro atoms. The Morgan fingerprint density at radius 1 is 0.902 bits per heavy atom. The number of aromatic amines is 1. The fourth-order valence-corrected chi connectivity index (χ4v) is 5.37. The maximum Gasteiger partial charge on any atom is 0.237 e. The number of carbonyl (C=O) groups is 1. The summed E-state index contributed by atoms with van der Waals surface area (Å²) in [5, 5.41) is 12.1. The number of aromatic nitrogens is 1. The lowest BCUT2D eigenvalue weighted by molar-refractivity contribution is -0.133. The first kappa shape index (κ1) is 30.5. The van der Waals surface area contributed by atoms with Gasteiger partial charge in [0.05, 0.1) is 12.6 Å². The summed E-state index contributed by atoms with van der Waals surface area (Å²) in [5.41, 5.74) is 5.97. The third-order valence-corrected chi connectivity index (χ3v) is 7.84. The fraction of sp³-hybridized carbons (Fsp3) is 0.417. The first-order valence-electron chi connectivity index (χ1n) is 15.1. The molecule has 5 heteroatoms. The molecule has 4 aromatic rings. The number of nitrogens with zero attached hydrogens (tertiary/aromatic N) is 2. The van der Waals surface area contributed by atoms with Crippen LogP contribution >= 0.6 is 0 Å². The Morgan fingerprint density at radius 3 is 2.32 bits per heavy atom. The first-order chi connectivity index (χ1) is 19.7. The predicted molar refractivity (Wildman–Crippen MR) is 170 cm³/mol. The molecule has 1 atom stereocenters. The Morgan fingerprint density at radius 2 is 1.61 bits per heavy atom. The number of nitrogens with one attached hydrogen (secondary N) is 1. The van der Waals surface area contributed by atoms with E-state index in [9.17, 15) is 9.90 Å².